The maximum atomic E-state index is 12.2. The number of nitrogens with one attached hydrogen (secondary N) is 1. The van der Waals surface area contributed by atoms with Crippen molar-refractivity contribution in [2.45, 2.75) is 53.5 Å². The number of benzene rings is 1. The lowest BCUT2D eigenvalue weighted by molar-refractivity contribution is -0.123. The van der Waals surface area contributed by atoms with Crippen LogP contribution in [0.15, 0.2) is 24.3 Å². The molecule has 118 valence electrons. The first kappa shape index (κ1) is 17.7. The summed E-state index contributed by atoms with van der Waals surface area (Å²) < 4.78 is 5.28. The molecule has 3 heteroatoms. The predicted octanol–water partition coefficient (Wildman–Crippen LogP) is 4.02. The third-order valence-corrected chi connectivity index (χ3v) is 3.57. The molecule has 1 aromatic carbocycles. The SMILES string of the molecule is CCOCCCC(=O)NC(c1ccccc1C)C(C)(C)C. The van der Waals surface area contributed by atoms with Crippen LogP contribution in [0.25, 0.3) is 0 Å². The van der Waals surface area contributed by atoms with E-state index < -0.39 is 0 Å². The fourth-order valence-electron chi connectivity index (χ4n) is 2.38. The zero-order valence-electron chi connectivity index (χ0n) is 14.0. The monoisotopic (exact) mass is 291 g/mol. The van der Waals surface area contributed by atoms with Crippen molar-refractivity contribution in [3.63, 3.8) is 0 Å². The van der Waals surface area contributed by atoms with Gasteiger partial charge in [-0.1, -0.05) is 45.0 Å². The van der Waals surface area contributed by atoms with Gasteiger partial charge in [0.15, 0.2) is 0 Å². The van der Waals surface area contributed by atoms with E-state index in [-0.39, 0.29) is 17.4 Å². The van der Waals surface area contributed by atoms with E-state index in [0.717, 1.165) is 6.42 Å². The van der Waals surface area contributed by atoms with Gasteiger partial charge in [-0.25, -0.2) is 0 Å². The number of hydrogen-bond donors (Lipinski definition) is 1. The molecular formula is C18H29NO2. The summed E-state index contributed by atoms with van der Waals surface area (Å²) in [4.78, 5) is 12.2. The maximum absolute atomic E-state index is 12.2. The summed E-state index contributed by atoms with van der Waals surface area (Å²) in [6.07, 6.45) is 1.28. The molecule has 0 bridgehead atoms. The molecule has 1 atom stereocenters. The highest BCUT2D eigenvalue weighted by Crippen LogP contribution is 2.34. The molecule has 0 aromatic heterocycles. The lowest BCUT2D eigenvalue weighted by atomic mass is 9.80. The van der Waals surface area contributed by atoms with Gasteiger partial charge in [0.25, 0.3) is 0 Å². The van der Waals surface area contributed by atoms with Crippen molar-refractivity contribution < 1.29 is 9.53 Å². The minimum absolute atomic E-state index is 0.0261. The zero-order valence-corrected chi connectivity index (χ0v) is 14.0. The summed E-state index contributed by atoms with van der Waals surface area (Å²) in [6, 6.07) is 8.28. The Balaban J connectivity index is 2.73. The third-order valence-electron chi connectivity index (χ3n) is 3.57. The van der Waals surface area contributed by atoms with Crippen molar-refractivity contribution in [1.82, 2.24) is 5.32 Å². The van der Waals surface area contributed by atoms with Crippen LogP contribution >= 0.6 is 0 Å². The van der Waals surface area contributed by atoms with Crippen LogP contribution in [-0.2, 0) is 9.53 Å². The molecule has 0 saturated heterocycles. The average Bonchev–Trinajstić information content (AvgIpc) is 2.41. The van der Waals surface area contributed by atoms with Crippen molar-refractivity contribution in [1.29, 1.82) is 0 Å². The fraction of sp³-hybridized carbons (Fsp3) is 0.611. The zero-order chi connectivity index (χ0) is 15.9. The molecule has 0 spiro atoms. The largest absolute Gasteiger partial charge is 0.382 e. The lowest BCUT2D eigenvalue weighted by Gasteiger charge is -2.33. The van der Waals surface area contributed by atoms with E-state index in [1.807, 2.05) is 19.1 Å². The number of amides is 1. The maximum Gasteiger partial charge on any atom is 0.220 e. The minimum atomic E-state index is -0.0261. The Morgan fingerprint density at radius 1 is 1.29 bits per heavy atom. The van der Waals surface area contributed by atoms with Gasteiger partial charge in [0.1, 0.15) is 0 Å². The number of hydrogen-bond acceptors (Lipinski definition) is 2. The van der Waals surface area contributed by atoms with Crippen LogP contribution in [0.1, 0.15) is 57.7 Å². The summed E-state index contributed by atoms with van der Waals surface area (Å²) in [5.41, 5.74) is 2.39. The first-order chi connectivity index (χ1) is 9.86. The number of rotatable bonds is 7. The van der Waals surface area contributed by atoms with Crippen molar-refractivity contribution >= 4 is 5.91 Å². The number of carbonyl (C=O) groups is 1. The van der Waals surface area contributed by atoms with Crippen LogP contribution in [0.5, 0.6) is 0 Å². The van der Waals surface area contributed by atoms with Gasteiger partial charge in [-0.2, -0.15) is 0 Å². The van der Waals surface area contributed by atoms with Crippen molar-refractivity contribution in [2.24, 2.45) is 5.41 Å². The molecule has 3 nitrogen and oxygen atoms in total. The number of ether oxygens (including phenoxy) is 1. The Morgan fingerprint density at radius 2 is 1.95 bits per heavy atom. The normalized spacial score (nSPS) is 13.0. The van der Waals surface area contributed by atoms with Crippen LogP contribution in [-0.4, -0.2) is 19.1 Å². The summed E-state index contributed by atoms with van der Waals surface area (Å²) in [6.45, 7) is 11.9. The molecule has 0 fully saturated rings. The van der Waals surface area contributed by atoms with E-state index in [1.165, 1.54) is 11.1 Å². The van der Waals surface area contributed by atoms with Crippen LogP contribution in [0, 0.1) is 12.3 Å². The second kappa shape index (κ2) is 8.18. The summed E-state index contributed by atoms with van der Waals surface area (Å²) in [5, 5.41) is 3.20. The molecule has 1 N–H and O–H groups in total. The molecule has 0 aliphatic heterocycles. The molecule has 1 rings (SSSR count). The molecule has 0 heterocycles. The van der Waals surface area contributed by atoms with Gasteiger partial charge in [0.2, 0.25) is 5.91 Å². The number of aryl methyl sites for hydroxylation is 1. The molecule has 21 heavy (non-hydrogen) atoms. The quantitative estimate of drug-likeness (QED) is 0.771. The predicted molar refractivity (Wildman–Crippen MR) is 87.2 cm³/mol. The summed E-state index contributed by atoms with van der Waals surface area (Å²) >= 11 is 0. The summed E-state index contributed by atoms with van der Waals surface area (Å²) in [5.74, 6) is 0.0953. The second-order valence-electron chi connectivity index (χ2n) is 6.52. The molecule has 0 aliphatic rings. The van der Waals surface area contributed by atoms with E-state index >= 15 is 0 Å². The number of carbonyl (C=O) groups excluding carboxylic acids is 1. The van der Waals surface area contributed by atoms with E-state index in [2.05, 4.69) is 45.1 Å². The van der Waals surface area contributed by atoms with Crippen molar-refractivity contribution in [2.75, 3.05) is 13.2 Å². The topological polar surface area (TPSA) is 38.3 Å². The van der Waals surface area contributed by atoms with Gasteiger partial charge in [-0.15, -0.1) is 0 Å². The van der Waals surface area contributed by atoms with Crippen LogP contribution in [0.4, 0.5) is 0 Å². The van der Waals surface area contributed by atoms with Gasteiger partial charge in [0, 0.05) is 19.6 Å². The first-order valence-electron chi connectivity index (χ1n) is 7.79. The van der Waals surface area contributed by atoms with E-state index in [4.69, 9.17) is 4.74 Å². The molecule has 0 radical (unpaired) electrons. The Hall–Kier alpha value is -1.35. The van der Waals surface area contributed by atoms with Crippen LogP contribution < -0.4 is 5.32 Å². The molecular weight excluding hydrogens is 262 g/mol. The van der Waals surface area contributed by atoms with Gasteiger partial charge in [0.05, 0.1) is 6.04 Å². The van der Waals surface area contributed by atoms with Crippen molar-refractivity contribution in [3.8, 4) is 0 Å². The Bertz CT molecular complexity index is 449. The molecule has 0 aliphatic carbocycles. The highest BCUT2D eigenvalue weighted by atomic mass is 16.5. The van der Waals surface area contributed by atoms with Crippen LogP contribution in [0.3, 0.4) is 0 Å². The van der Waals surface area contributed by atoms with E-state index in [1.54, 1.807) is 0 Å². The molecule has 1 unspecified atom stereocenters. The van der Waals surface area contributed by atoms with E-state index in [9.17, 15) is 4.79 Å². The van der Waals surface area contributed by atoms with Gasteiger partial charge < -0.3 is 10.1 Å². The minimum Gasteiger partial charge on any atom is -0.382 e. The smallest absolute Gasteiger partial charge is 0.220 e. The first-order valence-corrected chi connectivity index (χ1v) is 7.79. The Labute approximate surface area is 129 Å². The van der Waals surface area contributed by atoms with E-state index in [0.29, 0.717) is 19.6 Å². The van der Waals surface area contributed by atoms with Crippen molar-refractivity contribution in [3.05, 3.63) is 35.4 Å². The van der Waals surface area contributed by atoms with Gasteiger partial charge >= 0.3 is 0 Å². The fourth-order valence-corrected chi connectivity index (χ4v) is 2.38. The average molecular weight is 291 g/mol. The Morgan fingerprint density at radius 3 is 2.52 bits per heavy atom. The highest BCUT2D eigenvalue weighted by Gasteiger charge is 2.28. The standard InChI is InChI=1S/C18H29NO2/c1-6-21-13-9-12-16(20)19-17(18(3,4)5)15-11-8-7-10-14(15)2/h7-8,10-11,17H,6,9,12-13H2,1-5H3,(H,19,20). The van der Waals surface area contributed by atoms with Crippen LogP contribution in [0.2, 0.25) is 0 Å². The second-order valence-corrected chi connectivity index (χ2v) is 6.52. The summed E-state index contributed by atoms with van der Waals surface area (Å²) in [7, 11) is 0. The third kappa shape index (κ3) is 5.88. The van der Waals surface area contributed by atoms with Gasteiger partial charge in [-0.05, 0) is 36.8 Å². The van der Waals surface area contributed by atoms with Gasteiger partial charge in [-0.3, -0.25) is 4.79 Å². The molecule has 0 saturated carbocycles. The Kier molecular flexibility index (Phi) is 6.90. The highest BCUT2D eigenvalue weighted by molar-refractivity contribution is 5.76. The molecule has 1 aromatic rings. The lowest BCUT2D eigenvalue weighted by Crippen LogP contribution is -2.37. The molecule has 1 amide bonds.